The van der Waals surface area contributed by atoms with Gasteiger partial charge in [0, 0.05) is 36.6 Å². The van der Waals surface area contributed by atoms with Crippen molar-refractivity contribution in [2.75, 3.05) is 26.2 Å². The molecule has 3 amide bonds. The highest BCUT2D eigenvalue weighted by atomic mass is 35.5. The molecule has 1 aliphatic heterocycles. The van der Waals surface area contributed by atoms with Crippen LogP contribution in [0.25, 0.3) is 0 Å². The summed E-state index contributed by atoms with van der Waals surface area (Å²) < 4.78 is 0. The molecule has 6 nitrogen and oxygen atoms in total. The number of carbonyl (C=O) groups excluding carboxylic acids is 3. The smallest absolute Gasteiger partial charge is 0.251 e. The number of hydrogen-bond donors (Lipinski definition) is 2. The molecule has 136 valence electrons. The van der Waals surface area contributed by atoms with Gasteiger partial charge in [-0.2, -0.15) is 0 Å². The van der Waals surface area contributed by atoms with Gasteiger partial charge in [0.1, 0.15) is 0 Å². The molecule has 0 aliphatic carbocycles. The monoisotopic (exact) mass is 365 g/mol. The Labute approximate surface area is 152 Å². The van der Waals surface area contributed by atoms with Crippen molar-refractivity contribution in [3.05, 3.63) is 34.9 Å². The summed E-state index contributed by atoms with van der Waals surface area (Å²) in [7, 11) is 0. The predicted octanol–water partition coefficient (Wildman–Crippen LogP) is 1.98. The van der Waals surface area contributed by atoms with Crippen LogP contribution in [-0.2, 0) is 9.59 Å². The molecule has 1 saturated heterocycles. The van der Waals surface area contributed by atoms with Gasteiger partial charge in [0.25, 0.3) is 5.91 Å². The van der Waals surface area contributed by atoms with Crippen LogP contribution < -0.4 is 10.6 Å². The van der Waals surface area contributed by atoms with Gasteiger partial charge in [0.15, 0.2) is 0 Å². The SMILES string of the molecule is O=C(CNC(=O)c1cccc(Cl)c1)NCCC(=O)N1CCCCCC1. The van der Waals surface area contributed by atoms with Crippen molar-refractivity contribution < 1.29 is 14.4 Å². The summed E-state index contributed by atoms with van der Waals surface area (Å²) >= 11 is 5.83. The molecule has 0 radical (unpaired) electrons. The standard InChI is InChI=1S/C18H24ClN3O3/c19-15-7-5-6-14(12-15)18(25)21-13-16(23)20-9-8-17(24)22-10-3-1-2-4-11-22/h5-7,12H,1-4,8-11,13H2,(H,20,23)(H,21,25). The zero-order chi connectivity index (χ0) is 18.1. The Morgan fingerprint density at radius 3 is 2.44 bits per heavy atom. The lowest BCUT2D eigenvalue weighted by molar-refractivity contribution is -0.131. The summed E-state index contributed by atoms with van der Waals surface area (Å²) in [5.41, 5.74) is 0.400. The third-order valence-corrected chi connectivity index (χ3v) is 4.35. The lowest BCUT2D eigenvalue weighted by Gasteiger charge is -2.20. The van der Waals surface area contributed by atoms with E-state index in [1.165, 1.54) is 18.9 Å². The second-order valence-electron chi connectivity index (χ2n) is 6.09. The number of halogens is 1. The zero-order valence-electron chi connectivity index (χ0n) is 14.2. The Morgan fingerprint density at radius 2 is 1.76 bits per heavy atom. The quantitative estimate of drug-likeness (QED) is 0.809. The molecule has 1 aliphatic rings. The molecule has 0 saturated carbocycles. The van der Waals surface area contributed by atoms with Crippen LogP contribution in [0.3, 0.4) is 0 Å². The highest BCUT2D eigenvalue weighted by Gasteiger charge is 2.15. The minimum atomic E-state index is -0.363. The molecule has 7 heteroatoms. The first-order valence-electron chi connectivity index (χ1n) is 8.64. The van der Waals surface area contributed by atoms with Crippen molar-refractivity contribution >= 4 is 29.3 Å². The van der Waals surface area contributed by atoms with Gasteiger partial charge in [-0.3, -0.25) is 14.4 Å². The van der Waals surface area contributed by atoms with Gasteiger partial charge >= 0.3 is 0 Å². The first-order valence-corrected chi connectivity index (χ1v) is 9.02. The maximum Gasteiger partial charge on any atom is 0.251 e. The van der Waals surface area contributed by atoms with Crippen molar-refractivity contribution in [3.8, 4) is 0 Å². The number of carbonyl (C=O) groups is 3. The Balaban J connectivity index is 1.65. The molecular weight excluding hydrogens is 342 g/mol. The van der Waals surface area contributed by atoms with Crippen molar-refractivity contribution in [3.63, 3.8) is 0 Å². The number of rotatable bonds is 6. The highest BCUT2D eigenvalue weighted by Crippen LogP contribution is 2.11. The fraction of sp³-hybridized carbons (Fsp3) is 0.500. The number of nitrogens with one attached hydrogen (secondary N) is 2. The maximum absolute atomic E-state index is 12.1. The van der Waals surface area contributed by atoms with E-state index in [1.54, 1.807) is 18.2 Å². The van der Waals surface area contributed by atoms with Crippen LogP contribution in [0.15, 0.2) is 24.3 Å². The van der Waals surface area contributed by atoms with E-state index >= 15 is 0 Å². The predicted molar refractivity (Wildman–Crippen MR) is 96.5 cm³/mol. The van der Waals surface area contributed by atoms with Crippen LogP contribution in [0.4, 0.5) is 0 Å². The second kappa shape index (κ2) is 10.0. The molecule has 2 N–H and O–H groups in total. The molecule has 2 rings (SSSR count). The summed E-state index contributed by atoms with van der Waals surface area (Å²) in [6, 6.07) is 6.51. The Morgan fingerprint density at radius 1 is 1.04 bits per heavy atom. The van der Waals surface area contributed by atoms with E-state index in [4.69, 9.17) is 11.6 Å². The van der Waals surface area contributed by atoms with Crippen LogP contribution in [0.2, 0.25) is 5.02 Å². The fourth-order valence-electron chi connectivity index (χ4n) is 2.74. The number of likely N-dealkylation sites (tertiary alicyclic amines) is 1. The van der Waals surface area contributed by atoms with E-state index in [2.05, 4.69) is 10.6 Å². The summed E-state index contributed by atoms with van der Waals surface area (Å²) in [5.74, 6) is -0.609. The summed E-state index contributed by atoms with van der Waals surface area (Å²) in [6.45, 7) is 1.76. The summed E-state index contributed by atoms with van der Waals surface area (Å²) in [6.07, 6.45) is 4.73. The summed E-state index contributed by atoms with van der Waals surface area (Å²) in [4.78, 5) is 37.7. The molecule has 1 aromatic rings. The van der Waals surface area contributed by atoms with Gasteiger partial charge in [-0.25, -0.2) is 0 Å². The van der Waals surface area contributed by atoms with E-state index in [9.17, 15) is 14.4 Å². The fourth-order valence-corrected chi connectivity index (χ4v) is 2.93. The zero-order valence-corrected chi connectivity index (χ0v) is 15.0. The van der Waals surface area contributed by atoms with Crippen molar-refractivity contribution in [1.29, 1.82) is 0 Å². The Kier molecular flexibility index (Phi) is 7.73. The molecule has 0 spiro atoms. The topological polar surface area (TPSA) is 78.5 Å². The van der Waals surface area contributed by atoms with Gasteiger partial charge in [-0.1, -0.05) is 30.5 Å². The Bertz CT molecular complexity index is 613. The number of nitrogens with zero attached hydrogens (tertiary/aromatic N) is 1. The van der Waals surface area contributed by atoms with Gasteiger partial charge in [0.2, 0.25) is 11.8 Å². The van der Waals surface area contributed by atoms with Gasteiger partial charge in [-0.15, -0.1) is 0 Å². The van der Waals surface area contributed by atoms with Crippen LogP contribution in [0, 0.1) is 0 Å². The minimum Gasteiger partial charge on any atom is -0.354 e. The van der Waals surface area contributed by atoms with Crippen molar-refractivity contribution in [2.24, 2.45) is 0 Å². The Hall–Kier alpha value is -2.08. The molecule has 1 heterocycles. The molecule has 25 heavy (non-hydrogen) atoms. The van der Waals surface area contributed by atoms with E-state index in [-0.39, 0.29) is 37.2 Å². The average Bonchev–Trinajstić information content (AvgIpc) is 2.89. The minimum absolute atomic E-state index is 0.0742. The molecule has 0 unspecified atom stereocenters. The lowest BCUT2D eigenvalue weighted by Crippen LogP contribution is -2.39. The van der Waals surface area contributed by atoms with Crippen LogP contribution in [0.1, 0.15) is 42.5 Å². The molecule has 0 bridgehead atoms. The van der Waals surface area contributed by atoms with Crippen molar-refractivity contribution in [2.45, 2.75) is 32.1 Å². The number of hydrogen-bond acceptors (Lipinski definition) is 3. The maximum atomic E-state index is 12.1. The first kappa shape index (κ1) is 19.2. The van der Waals surface area contributed by atoms with E-state index in [1.807, 2.05) is 4.90 Å². The number of benzene rings is 1. The van der Waals surface area contributed by atoms with Crippen LogP contribution in [0.5, 0.6) is 0 Å². The average molecular weight is 366 g/mol. The normalized spacial score (nSPS) is 14.5. The van der Waals surface area contributed by atoms with Gasteiger partial charge < -0.3 is 15.5 Å². The van der Waals surface area contributed by atoms with Crippen molar-refractivity contribution in [1.82, 2.24) is 15.5 Å². The van der Waals surface area contributed by atoms with Gasteiger partial charge in [-0.05, 0) is 31.0 Å². The second-order valence-corrected chi connectivity index (χ2v) is 6.52. The van der Waals surface area contributed by atoms with E-state index < -0.39 is 0 Å². The number of amides is 3. The third kappa shape index (κ3) is 6.74. The summed E-state index contributed by atoms with van der Waals surface area (Å²) in [5, 5.41) is 5.65. The highest BCUT2D eigenvalue weighted by molar-refractivity contribution is 6.30. The van der Waals surface area contributed by atoms with Gasteiger partial charge in [0.05, 0.1) is 6.54 Å². The lowest BCUT2D eigenvalue weighted by atomic mass is 10.2. The largest absolute Gasteiger partial charge is 0.354 e. The molecule has 0 atom stereocenters. The van der Waals surface area contributed by atoms with E-state index in [0.717, 1.165) is 25.9 Å². The molecule has 1 aromatic carbocycles. The molecule has 0 aromatic heterocycles. The third-order valence-electron chi connectivity index (χ3n) is 4.12. The molecule has 1 fully saturated rings. The van der Waals surface area contributed by atoms with Crippen LogP contribution >= 0.6 is 11.6 Å². The first-order chi connectivity index (χ1) is 12.1. The van der Waals surface area contributed by atoms with E-state index in [0.29, 0.717) is 10.6 Å². The molecular formula is C18H24ClN3O3. The van der Waals surface area contributed by atoms with Crippen LogP contribution in [-0.4, -0.2) is 48.8 Å².